The molecule has 0 fully saturated rings. The maximum absolute atomic E-state index is 11.1. The van der Waals surface area contributed by atoms with Gasteiger partial charge in [-0.25, -0.2) is 8.42 Å². The minimum absolute atomic E-state index is 0.0595. The smallest absolute Gasteiger partial charge is 0.148 e. The van der Waals surface area contributed by atoms with E-state index >= 15 is 0 Å². The summed E-state index contributed by atoms with van der Waals surface area (Å²) < 4.78 is 27.7. The highest BCUT2D eigenvalue weighted by atomic mass is 32.2. The van der Waals surface area contributed by atoms with E-state index in [1.165, 1.54) is 6.26 Å². The molecule has 1 N–H and O–H groups in total. The number of nitrogens with one attached hydrogen (secondary N) is 1. The van der Waals surface area contributed by atoms with E-state index in [1.54, 1.807) is 0 Å². The van der Waals surface area contributed by atoms with Crippen LogP contribution in [0.3, 0.4) is 0 Å². The average molecular weight is 271 g/mol. The van der Waals surface area contributed by atoms with Crippen molar-refractivity contribution in [2.45, 2.75) is 26.4 Å². The van der Waals surface area contributed by atoms with E-state index in [4.69, 9.17) is 4.74 Å². The van der Waals surface area contributed by atoms with Crippen LogP contribution < -0.4 is 10.1 Å². The Hall–Kier alpha value is -1.07. The molecular weight excluding hydrogens is 250 g/mol. The summed E-state index contributed by atoms with van der Waals surface area (Å²) >= 11 is 0. The topological polar surface area (TPSA) is 55.4 Å². The fraction of sp³-hybridized carbons (Fsp3) is 0.538. The lowest BCUT2D eigenvalue weighted by Crippen LogP contribution is -2.32. The molecule has 1 aromatic carbocycles. The minimum atomic E-state index is -2.93. The lowest BCUT2D eigenvalue weighted by atomic mass is 10.2. The normalized spacial score (nSPS) is 13.3. The Bertz CT molecular complexity index is 471. The van der Waals surface area contributed by atoms with Gasteiger partial charge in [-0.15, -0.1) is 0 Å². The summed E-state index contributed by atoms with van der Waals surface area (Å²) in [5, 5.41) is 3.19. The van der Waals surface area contributed by atoms with Crippen LogP contribution in [0.4, 0.5) is 0 Å². The molecule has 1 unspecified atom stereocenters. The van der Waals surface area contributed by atoms with Crippen LogP contribution in [0.2, 0.25) is 0 Å². The second-order valence-corrected chi connectivity index (χ2v) is 6.64. The molecule has 0 aliphatic rings. The lowest BCUT2D eigenvalue weighted by Gasteiger charge is -2.13. The van der Waals surface area contributed by atoms with Gasteiger partial charge in [0.1, 0.15) is 15.6 Å². The largest absolute Gasteiger partial charge is 0.494 e. The van der Waals surface area contributed by atoms with Gasteiger partial charge in [-0.2, -0.15) is 0 Å². The molecule has 0 saturated carbocycles. The van der Waals surface area contributed by atoms with Gasteiger partial charge in [0.25, 0.3) is 0 Å². The van der Waals surface area contributed by atoms with Crippen molar-refractivity contribution in [2.75, 3.05) is 18.6 Å². The molecule has 0 aromatic heterocycles. The van der Waals surface area contributed by atoms with E-state index in [2.05, 4.69) is 5.32 Å². The molecule has 0 spiro atoms. The maximum Gasteiger partial charge on any atom is 0.148 e. The first-order valence-corrected chi connectivity index (χ1v) is 8.09. The Kier molecular flexibility index (Phi) is 5.62. The molecule has 0 radical (unpaired) electrons. The van der Waals surface area contributed by atoms with Crippen LogP contribution >= 0.6 is 0 Å². The van der Waals surface area contributed by atoms with Crippen molar-refractivity contribution in [3.63, 3.8) is 0 Å². The molecule has 1 aromatic rings. The first kappa shape index (κ1) is 15.0. The van der Waals surface area contributed by atoms with Gasteiger partial charge in [0.2, 0.25) is 0 Å². The van der Waals surface area contributed by atoms with Crippen LogP contribution in [-0.2, 0) is 16.4 Å². The Morgan fingerprint density at radius 3 is 2.72 bits per heavy atom. The van der Waals surface area contributed by atoms with Crippen LogP contribution in [0.25, 0.3) is 0 Å². The first-order valence-electron chi connectivity index (χ1n) is 6.03. The van der Waals surface area contributed by atoms with Crippen molar-refractivity contribution in [1.29, 1.82) is 0 Å². The number of hydrogen-bond acceptors (Lipinski definition) is 4. The third kappa shape index (κ3) is 6.02. The summed E-state index contributed by atoms with van der Waals surface area (Å²) in [5.41, 5.74) is 1.08. The summed E-state index contributed by atoms with van der Waals surface area (Å²) in [4.78, 5) is 0. The van der Waals surface area contributed by atoms with E-state index in [0.29, 0.717) is 13.2 Å². The van der Waals surface area contributed by atoms with Gasteiger partial charge in [-0.1, -0.05) is 12.1 Å². The van der Waals surface area contributed by atoms with Crippen molar-refractivity contribution >= 4 is 9.84 Å². The monoisotopic (exact) mass is 271 g/mol. The summed E-state index contributed by atoms with van der Waals surface area (Å²) in [6.07, 6.45) is 1.25. The van der Waals surface area contributed by atoms with Crippen LogP contribution in [0, 0.1) is 0 Å². The summed E-state index contributed by atoms with van der Waals surface area (Å²) in [6.45, 7) is 5.09. The minimum Gasteiger partial charge on any atom is -0.494 e. The third-order valence-electron chi connectivity index (χ3n) is 2.42. The van der Waals surface area contributed by atoms with Crippen LogP contribution in [0.5, 0.6) is 5.75 Å². The van der Waals surface area contributed by atoms with Crippen molar-refractivity contribution in [3.8, 4) is 5.75 Å². The zero-order valence-electron chi connectivity index (χ0n) is 11.1. The van der Waals surface area contributed by atoms with E-state index in [-0.39, 0.29) is 11.8 Å². The average Bonchev–Trinajstić information content (AvgIpc) is 2.25. The number of rotatable bonds is 7. The quantitative estimate of drug-likeness (QED) is 0.818. The maximum atomic E-state index is 11.1. The molecule has 0 bridgehead atoms. The standard InChI is InChI=1S/C13H21NO3S/c1-4-17-13-7-5-6-12(8-13)9-14-11(2)10-18(3,15)16/h5-8,11,14H,4,9-10H2,1-3H3. The fourth-order valence-corrected chi connectivity index (χ4v) is 2.74. The molecule has 0 aliphatic carbocycles. The molecule has 0 saturated heterocycles. The molecule has 4 nitrogen and oxygen atoms in total. The first-order chi connectivity index (χ1) is 8.40. The van der Waals surface area contributed by atoms with E-state index < -0.39 is 9.84 Å². The van der Waals surface area contributed by atoms with Crippen LogP contribution in [0.1, 0.15) is 19.4 Å². The van der Waals surface area contributed by atoms with Gasteiger partial charge in [0.15, 0.2) is 0 Å². The van der Waals surface area contributed by atoms with Crippen LogP contribution in [-0.4, -0.2) is 33.1 Å². The number of benzene rings is 1. The molecule has 5 heteroatoms. The van der Waals surface area contributed by atoms with Gasteiger partial charge in [-0.05, 0) is 31.5 Å². The molecular formula is C13H21NO3S. The van der Waals surface area contributed by atoms with Gasteiger partial charge in [0, 0.05) is 18.8 Å². The predicted molar refractivity (Wildman–Crippen MR) is 73.6 cm³/mol. The second kappa shape index (κ2) is 6.75. The fourth-order valence-electron chi connectivity index (χ4n) is 1.72. The SMILES string of the molecule is CCOc1cccc(CNC(C)CS(C)(=O)=O)c1. The van der Waals surface area contributed by atoms with Gasteiger partial charge in [-0.3, -0.25) is 0 Å². The zero-order valence-corrected chi connectivity index (χ0v) is 12.0. The Morgan fingerprint density at radius 2 is 2.11 bits per heavy atom. The van der Waals surface area contributed by atoms with E-state index in [1.807, 2.05) is 38.1 Å². The van der Waals surface area contributed by atoms with Crippen molar-refractivity contribution in [2.24, 2.45) is 0 Å². The van der Waals surface area contributed by atoms with Crippen molar-refractivity contribution in [3.05, 3.63) is 29.8 Å². The van der Waals surface area contributed by atoms with E-state index in [0.717, 1.165) is 11.3 Å². The molecule has 1 atom stereocenters. The van der Waals surface area contributed by atoms with Crippen molar-refractivity contribution < 1.29 is 13.2 Å². The number of ether oxygens (including phenoxy) is 1. The summed E-state index contributed by atoms with van der Waals surface area (Å²) in [6, 6.07) is 7.73. The van der Waals surface area contributed by atoms with Gasteiger partial charge < -0.3 is 10.1 Å². The molecule has 0 amide bonds. The third-order valence-corrected chi connectivity index (χ3v) is 3.52. The lowest BCUT2D eigenvalue weighted by molar-refractivity contribution is 0.339. The number of sulfone groups is 1. The number of hydrogen-bond donors (Lipinski definition) is 1. The van der Waals surface area contributed by atoms with Crippen LogP contribution in [0.15, 0.2) is 24.3 Å². The summed E-state index contributed by atoms with van der Waals surface area (Å²) in [7, 11) is -2.93. The second-order valence-electron chi connectivity index (χ2n) is 4.45. The molecule has 1 rings (SSSR count). The van der Waals surface area contributed by atoms with Gasteiger partial charge in [0.05, 0.1) is 12.4 Å². The molecule has 18 heavy (non-hydrogen) atoms. The predicted octanol–water partition coefficient (Wildman–Crippen LogP) is 1.61. The van der Waals surface area contributed by atoms with E-state index in [9.17, 15) is 8.42 Å². The highest BCUT2D eigenvalue weighted by molar-refractivity contribution is 7.90. The Labute approximate surface area is 109 Å². The Morgan fingerprint density at radius 1 is 1.39 bits per heavy atom. The Balaban J connectivity index is 2.50. The molecule has 102 valence electrons. The zero-order chi connectivity index (χ0) is 13.6. The highest BCUT2D eigenvalue weighted by Gasteiger charge is 2.09. The van der Waals surface area contributed by atoms with Crippen molar-refractivity contribution in [1.82, 2.24) is 5.32 Å². The highest BCUT2D eigenvalue weighted by Crippen LogP contribution is 2.13. The molecule has 0 aliphatic heterocycles. The van der Waals surface area contributed by atoms with Gasteiger partial charge >= 0.3 is 0 Å². The summed E-state index contributed by atoms with van der Waals surface area (Å²) in [5.74, 6) is 0.991. The molecule has 0 heterocycles.